The number of alkyl halides is 3. The van der Waals surface area contributed by atoms with E-state index in [0.717, 1.165) is 16.8 Å². The Morgan fingerprint density at radius 2 is 1.96 bits per heavy atom. The number of thiophene rings is 1. The van der Waals surface area contributed by atoms with Crippen molar-refractivity contribution in [2.75, 3.05) is 5.32 Å². The molecule has 2 aromatic heterocycles. The van der Waals surface area contributed by atoms with E-state index in [1.807, 2.05) is 0 Å². The molecule has 146 valence electrons. The average molecular weight is 413 g/mol. The number of benzene rings is 1. The number of hydrogen-bond acceptors (Lipinski definition) is 4. The number of hydrogen-bond donors (Lipinski definition) is 2. The predicted molar refractivity (Wildman–Crippen MR) is 94.1 cm³/mol. The van der Waals surface area contributed by atoms with Crippen LogP contribution < -0.4 is 16.6 Å². The number of carbonyl (C=O) groups excluding carboxylic acids is 1. The third-order valence-electron chi connectivity index (χ3n) is 3.73. The van der Waals surface area contributed by atoms with E-state index in [2.05, 4.69) is 10.3 Å². The monoisotopic (exact) mass is 413 g/mol. The highest BCUT2D eigenvalue weighted by molar-refractivity contribution is 7.09. The van der Waals surface area contributed by atoms with Crippen LogP contribution >= 0.6 is 11.3 Å². The van der Waals surface area contributed by atoms with E-state index in [1.165, 1.54) is 11.3 Å². The first-order valence-corrected chi connectivity index (χ1v) is 8.58. The normalized spacial score (nSPS) is 11.4. The molecule has 0 unspecified atom stereocenters. The van der Waals surface area contributed by atoms with Crippen LogP contribution in [0.2, 0.25) is 0 Å². The first-order valence-electron chi connectivity index (χ1n) is 7.70. The Kier molecular flexibility index (Phi) is 5.18. The third kappa shape index (κ3) is 4.03. The molecule has 0 saturated carbocycles. The molecule has 2 N–H and O–H groups in total. The Hall–Kier alpha value is -3.21. The van der Waals surface area contributed by atoms with Crippen LogP contribution in [-0.4, -0.2) is 15.5 Å². The molecule has 0 saturated heterocycles. The minimum atomic E-state index is -4.95. The van der Waals surface area contributed by atoms with Crippen molar-refractivity contribution in [1.82, 2.24) is 9.55 Å². The van der Waals surface area contributed by atoms with Crippen molar-refractivity contribution in [3.05, 3.63) is 84.6 Å². The van der Waals surface area contributed by atoms with Gasteiger partial charge in [-0.25, -0.2) is 9.18 Å². The van der Waals surface area contributed by atoms with Gasteiger partial charge in [-0.3, -0.25) is 14.2 Å². The van der Waals surface area contributed by atoms with Crippen molar-refractivity contribution in [1.29, 1.82) is 0 Å². The van der Waals surface area contributed by atoms with E-state index in [4.69, 9.17) is 0 Å². The second kappa shape index (κ2) is 7.43. The second-order valence-corrected chi connectivity index (χ2v) is 6.66. The van der Waals surface area contributed by atoms with E-state index >= 15 is 0 Å². The van der Waals surface area contributed by atoms with Crippen molar-refractivity contribution < 1.29 is 22.4 Å². The number of amides is 1. The zero-order valence-electron chi connectivity index (χ0n) is 13.8. The molecule has 2 heterocycles. The zero-order valence-corrected chi connectivity index (χ0v) is 14.7. The smallest absolute Gasteiger partial charge is 0.322 e. The van der Waals surface area contributed by atoms with Gasteiger partial charge in [0, 0.05) is 16.8 Å². The third-order valence-corrected chi connectivity index (χ3v) is 4.59. The molecule has 6 nitrogen and oxygen atoms in total. The number of aromatic nitrogens is 2. The van der Waals surface area contributed by atoms with E-state index in [9.17, 15) is 31.9 Å². The van der Waals surface area contributed by atoms with E-state index < -0.39 is 40.3 Å². The van der Waals surface area contributed by atoms with Crippen molar-refractivity contribution in [2.24, 2.45) is 0 Å². The number of carbonyl (C=O) groups is 1. The Morgan fingerprint density at radius 3 is 2.61 bits per heavy atom. The van der Waals surface area contributed by atoms with E-state index in [1.54, 1.807) is 17.5 Å². The Labute approximate surface area is 158 Å². The van der Waals surface area contributed by atoms with Gasteiger partial charge < -0.3 is 10.3 Å². The molecule has 0 fully saturated rings. The number of rotatable bonds is 4. The van der Waals surface area contributed by atoms with Crippen LogP contribution in [0.25, 0.3) is 0 Å². The van der Waals surface area contributed by atoms with Crippen molar-refractivity contribution in [3.8, 4) is 0 Å². The fourth-order valence-electron chi connectivity index (χ4n) is 2.39. The lowest BCUT2D eigenvalue weighted by Gasteiger charge is -2.11. The molecule has 0 aliphatic rings. The number of H-pyrrole nitrogens is 1. The molecule has 3 aromatic rings. The van der Waals surface area contributed by atoms with Crippen LogP contribution in [0.3, 0.4) is 0 Å². The summed E-state index contributed by atoms with van der Waals surface area (Å²) in [5.41, 5.74) is -4.03. The summed E-state index contributed by atoms with van der Waals surface area (Å²) in [6, 6.07) is 5.32. The molecule has 0 aliphatic carbocycles. The topological polar surface area (TPSA) is 84.0 Å². The van der Waals surface area contributed by atoms with Crippen LogP contribution in [0.5, 0.6) is 0 Å². The van der Waals surface area contributed by atoms with Crippen LogP contribution in [0.1, 0.15) is 20.8 Å². The van der Waals surface area contributed by atoms with Crippen LogP contribution in [0, 0.1) is 5.82 Å². The number of anilines is 1. The lowest BCUT2D eigenvalue weighted by atomic mass is 10.1. The molecule has 1 aromatic carbocycles. The van der Waals surface area contributed by atoms with E-state index in [-0.39, 0.29) is 12.2 Å². The highest BCUT2D eigenvalue weighted by Crippen LogP contribution is 2.33. The Bertz CT molecular complexity index is 1130. The van der Waals surface area contributed by atoms with Crippen LogP contribution in [-0.2, 0) is 12.7 Å². The Morgan fingerprint density at radius 1 is 1.21 bits per heavy atom. The summed E-state index contributed by atoms with van der Waals surface area (Å²) in [7, 11) is 0. The van der Waals surface area contributed by atoms with Gasteiger partial charge in [0.2, 0.25) is 0 Å². The van der Waals surface area contributed by atoms with Crippen LogP contribution in [0.15, 0.2) is 51.5 Å². The van der Waals surface area contributed by atoms with Crippen molar-refractivity contribution in [2.45, 2.75) is 12.7 Å². The lowest BCUT2D eigenvalue weighted by molar-refractivity contribution is -0.139. The number of nitrogens with zero attached hydrogens (tertiary/aromatic N) is 1. The molecule has 0 radical (unpaired) electrons. The summed E-state index contributed by atoms with van der Waals surface area (Å²) in [6.07, 6.45) is -4.07. The summed E-state index contributed by atoms with van der Waals surface area (Å²) in [6.45, 7) is -0.0677. The fraction of sp³-hybridized carbons (Fsp3) is 0.118. The van der Waals surface area contributed by atoms with Crippen molar-refractivity contribution in [3.63, 3.8) is 0 Å². The van der Waals surface area contributed by atoms with Gasteiger partial charge in [-0.1, -0.05) is 6.07 Å². The number of halogens is 4. The summed E-state index contributed by atoms with van der Waals surface area (Å²) in [5, 5.41) is 3.85. The number of nitrogens with one attached hydrogen (secondary N) is 2. The van der Waals surface area contributed by atoms with Crippen LogP contribution in [0.4, 0.5) is 23.2 Å². The first kappa shape index (κ1) is 19.5. The lowest BCUT2D eigenvalue weighted by Crippen LogP contribution is -2.39. The number of aromatic amines is 1. The quantitative estimate of drug-likeness (QED) is 0.645. The van der Waals surface area contributed by atoms with E-state index in [0.29, 0.717) is 17.0 Å². The van der Waals surface area contributed by atoms with Gasteiger partial charge in [0.05, 0.1) is 12.1 Å². The summed E-state index contributed by atoms with van der Waals surface area (Å²) in [4.78, 5) is 39.6. The van der Waals surface area contributed by atoms with Gasteiger partial charge >= 0.3 is 11.9 Å². The minimum absolute atomic E-state index is 0.0677. The summed E-state index contributed by atoms with van der Waals surface area (Å²) in [5.74, 6) is -2.53. The summed E-state index contributed by atoms with van der Waals surface area (Å²) < 4.78 is 52.5. The zero-order chi connectivity index (χ0) is 20.5. The highest BCUT2D eigenvalue weighted by atomic mass is 32.1. The average Bonchev–Trinajstić information content (AvgIpc) is 3.12. The largest absolute Gasteiger partial charge is 0.419 e. The van der Waals surface area contributed by atoms with Gasteiger partial charge in [-0.05, 0) is 29.6 Å². The second-order valence-electron chi connectivity index (χ2n) is 5.62. The molecule has 3 rings (SSSR count). The maximum atomic E-state index is 13.3. The molecule has 0 spiro atoms. The predicted octanol–water partition coefficient (Wildman–Crippen LogP) is 3.06. The van der Waals surface area contributed by atoms with Gasteiger partial charge in [0.1, 0.15) is 11.4 Å². The maximum Gasteiger partial charge on any atom is 0.419 e. The molecule has 11 heteroatoms. The summed E-state index contributed by atoms with van der Waals surface area (Å²) >= 11 is 1.30. The Balaban J connectivity index is 1.92. The molecule has 0 bridgehead atoms. The molecular formula is C17H11F4N3O3S. The van der Waals surface area contributed by atoms with Gasteiger partial charge in [-0.2, -0.15) is 13.2 Å². The fourth-order valence-corrected chi connectivity index (χ4v) is 3.09. The first-order chi connectivity index (χ1) is 13.2. The van der Waals surface area contributed by atoms with Gasteiger partial charge in [0.25, 0.3) is 11.5 Å². The SMILES string of the molecule is O=C(Nc1ccc(F)c(C(F)(F)F)c1)c1c[nH]c(=O)n(Cc2cccs2)c1=O. The van der Waals surface area contributed by atoms with Gasteiger partial charge in [-0.15, -0.1) is 11.3 Å². The molecular weight excluding hydrogens is 402 g/mol. The molecule has 0 atom stereocenters. The highest BCUT2D eigenvalue weighted by Gasteiger charge is 2.34. The van der Waals surface area contributed by atoms with Crippen molar-refractivity contribution >= 4 is 22.9 Å². The molecule has 1 amide bonds. The molecule has 0 aliphatic heterocycles. The maximum absolute atomic E-state index is 13.3. The minimum Gasteiger partial charge on any atom is -0.322 e. The van der Waals surface area contributed by atoms with Gasteiger partial charge in [0.15, 0.2) is 0 Å². The molecule has 28 heavy (non-hydrogen) atoms. The standard InChI is InChI=1S/C17H11F4N3O3S/c18-13-4-3-9(6-12(13)17(19,20)21)23-14(25)11-7-22-16(27)24(15(11)26)8-10-2-1-5-28-10/h1-7H,8H2,(H,22,27)(H,23,25).